The summed E-state index contributed by atoms with van der Waals surface area (Å²) in [5, 5.41) is 6.97. The summed E-state index contributed by atoms with van der Waals surface area (Å²) in [5.74, 6) is 0. The number of hydrogen-bond acceptors (Lipinski definition) is 4. The molecule has 272 valence electrons. The predicted molar refractivity (Wildman–Crippen MR) is 245 cm³/mol. The third-order valence-corrected chi connectivity index (χ3v) is 12.7. The van der Waals surface area contributed by atoms with Gasteiger partial charge in [-0.05, 0) is 82.4 Å². The Morgan fingerprint density at radius 2 is 1.00 bits per heavy atom. The maximum atomic E-state index is 6.50. The minimum absolute atomic E-state index is 0.867. The molecule has 12 rings (SSSR count). The number of para-hydroxylation sites is 2. The lowest BCUT2D eigenvalue weighted by Crippen LogP contribution is -2.10. The third kappa shape index (κ3) is 5.19. The van der Waals surface area contributed by atoms with E-state index in [4.69, 9.17) is 8.83 Å². The van der Waals surface area contributed by atoms with Crippen LogP contribution < -0.4 is 4.90 Å². The zero-order valence-electron chi connectivity index (χ0n) is 31.2. The highest BCUT2D eigenvalue weighted by Crippen LogP contribution is 2.47. The Morgan fingerprint density at radius 1 is 0.362 bits per heavy atom. The summed E-state index contributed by atoms with van der Waals surface area (Å²) >= 11 is 1.86. The lowest BCUT2D eigenvalue weighted by atomic mass is 10.00. The highest BCUT2D eigenvalue weighted by molar-refractivity contribution is 7.26. The van der Waals surface area contributed by atoms with Crippen molar-refractivity contribution < 1.29 is 8.83 Å². The summed E-state index contributed by atoms with van der Waals surface area (Å²) in [7, 11) is 0. The van der Waals surface area contributed by atoms with E-state index in [0.29, 0.717) is 0 Å². The van der Waals surface area contributed by atoms with Crippen molar-refractivity contribution in [2.24, 2.45) is 0 Å². The summed E-state index contributed by atoms with van der Waals surface area (Å²) in [6, 6.07) is 71.3. The fourth-order valence-corrected chi connectivity index (χ4v) is 10.0. The van der Waals surface area contributed by atoms with Crippen LogP contribution in [-0.2, 0) is 0 Å². The molecule has 0 aliphatic carbocycles. The number of fused-ring (bicyclic) bond motifs is 9. The number of nitrogens with zero attached hydrogens (tertiary/aromatic N) is 1. The number of anilines is 3. The van der Waals surface area contributed by atoms with E-state index in [9.17, 15) is 0 Å². The average Bonchev–Trinajstić information content (AvgIpc) is 3.98. The molecule has 0 saturated heterocycles. The standard InChI is InChI=1S/C54H33NO2S/c1-3-12-35(13-4-1)40-17-9-19-43-46-32-37(26-31-49(46)57-53(40)43)34-24-27-38(28-25-34)55(47-21-11-23-50-52(47)45-16-7-8-22-48(45)56-50)39-29-30-42-44-20-10-18-41(36-14-5-2-6-15-36)54(44)58-51(42)33-39/h1-33H. The Bertz CT molecular complexity index is 3500. The van der Waals surface area contributed by atoms with Crippen molar-refractivity contribution in [2.45, 2.75) is 0 Å². The summed E-state index contributed by atoms with van der Waals surface area (Å²) in [6.45, 7) is 0. The molecule has 0 unspecified atom stereocenters. The fraction of sp³-hybridized carbons (Fsp3) is 0. The summed E-state index contributed by atoms with van der Waals surface area (Å²) in [6.07, 6.45) is 0. The molecular formula is C54H33NO2S. The van der Waals surface area contributed by atoms with Crippen molar-refractivity contribution >= 4 is 92.4 Å². The van der Waals surface area contributed by atoms with E-state index >= 15 is 0 Å². The Labute approximate surface area is 338 Å². The monoisotopic (exact) mass is 759 g/mol. The van der Waals surface area contributed by atoms with Crippen molar-refractivity contribution in [3.05, 3.63) is 200 Å². The molecule has 3 aromatic heterocycles. The van der Waals surface area contributed by atoms with Gasteiger partial charge >= 0.3 is 0 Å². The highest BCUT2D eigenvalue weighted by atomic mass is 32.1. The third-order valence-electron chi connectivity index (χ3n) is 11.5. The molecule has 0 bridgehead atoms. The summed E-state index contributed by atoms with van der Waals surface area (Å²) in [5.41, 5.74) is 13.8. The molecule has 4 heteroatoms. The van der Waals surface area contributed by atoms with Crippen molar-refractivity contribution in [1.29, 1.82) is 0 Å². The Balaban J connectivity index is 1.00. The van der Waals surface area contributed by atoms with Crippen LogP contribution in [0.5, 0.6) is 0 Å². The molecule has 0 aliphatic heterocycles. The molecule has 0 saturated carbocycles. The first-order valence-electron chi connectivity index (χ1n) is 19.6. The Hall–Kier alpha value is -7.40. The smallest absolute Gasteiger partial charge is 0.143 e. The molecule has 9 aromatic carbocycles. The molecule has 0 aliphatic rings. The van der Waals surface area contributed by atoms with Crippen LogP contribution in [0.3, 0.4) is 0 Å². The van der Waals surface area contributed by atoms with Gasteiger partial charge in [-0.3, -0.25) is 0 Å². The molecule has 12 aromatic rings. The highest BCUT2D eigenvalue weighted by Gasteiger charge is 2.21. The zero-order valence-corrected chi connectivity index (χ0v) is 32.0. The van der Waals surface area contributed by atoms with Gasteiger partial charge < -0.3 is 13.7 Å². The van der Waals surface area contributed by atoms with Gasteiger partial charge in [-0.1, -0.05) is 146 Å². The maximum absolute atomic E-state index is 6.50. The maximum Gasteiger partial charge on any atom is 0.143 e. The van der Waals surface area contributed by atoms with E-state index in [1.807, 2.05) is 29.5 Å². The van der Waals surface area contributed by atoms with Crippen LogP contribution in [0.2, 0.25) is 0 Å². The van der Waals surface area contributed by atoms with E-state index in [0.717, 1.165) is 83.2 Å². The predicted octanol–water partition coefficient (Wildman–Crippen LogP) is 16.3. The van der Waals surface area contributed by atoms with E-state index in [-0.39, 0.29) is 0 Å². The van der Waals surface area contributed by atoms with Crippen molar-refractivity contribution in [1.82, 2.24) is 0 Å². The zero-order chi connectivity index (χ0) is 38.2. The quantitative estimate of drug-likeness (QED) is 0.169. The molecule has 3 nitrogen and oxygen atoms in total. The van der Waals surface area contributed by atoms with E-state index in [1.54, 1.807) is 0 Å². The average molecular weight is 760 g/mol. The molecule has 58 heavy (non-hydrogen) atoms. The van der Waals surface area contributed by atoms with Gasteiger partial charge in [-0.15, -0.1) is 11.3 Å². The van der Waals surface area contributed by atoms with Gasteiger partial charge in [-0.25, -0.2) is 0 Å². The van der Waals surface area contributed by atoms with Crippen LogP contribution >= 0.6 is 11.3 Å². The van der Waals surface area contributed by atoms with Gasteiger partial charge in [0.15, 0.2) is 0 Å². The minimum atomic E-state index is 0.867. The number of benzene rings is 9. The van der Waals surface area contributed by atoms with Crippen LogP contribution in [0.4, 0.5) is 17.1 Å². The number of rotatable bonds is 6. The van der Waals surface area contributed by atoms with Crippen LogP contribution in [0.25, 0.3) is 97.4 Å². The van der Waals surface area contributed by atoms with E-state index < -0.39 is 0 Å². The fourth-order valence-electron chi connectivity index (χ4n) is 8.77. The Morgan fingerprint density at radius 3 is 1.83 bits per heavy atom. The second kappa shape index (κ2) is 13.1. The van der Waals surface area contributed by atoms with Crippen LogP contribution in [0.1, 0.15) is 0 Å². The van der Waals surface area contributed by atoms with Crippen LogP contribution in [0, 0.1) is 0 Å². The minimum Gasteiger partial charge on any atom is -0.456 e. The van der Waals surface area contributed by atoms with Crippen molar-refractivity contribution in [2.75, 3.05) is 4.90 Å². The molecular weight excluding hydrogens is 727 g/mol. The lowest BCUT2D eigenvalue weighted by Gasteiger charge is -2.26. The van der Waals surface area contributed by atoms with Crippen molar-refractivity contribution in [3.8, 4) is 33.4 Å². The summed E-state index contributed by atoms with van der Waals surface area (Å²) < 4.78 is 15.5. The number of thiophene rings is 1. The molecule has 0 atom stereocenters. The first-order chi connectivity index (χ1) is 28.7. The van der Waals surface area contributed by atoms with E-state index in [1.165, 1.54) is 31.3 Å². The first kappa shape index (κ1) is 32.8. The second-order valence-corrected chi connectivity index (χ2v) is 15.9. The normalized spacial score (nSPS) is 11.8. The van der Waals surface area contributed by atoms with Gasteiger partial charge in [0.1, 0.15) is 22.3 Å². The molecule has 3 heterocycles. The second-order valence-electron chi connectivity index (χ2n) is 14.8. The van der Waals surface area contributed by atoms with Gasteiger partial charge in [0.05, 0.1) is 11.1 Å². The van der Waals surface area contributed by atoms with Gasteiger partial charge in [0.25, 0.3) is 0 Å². The SMILES string of the molecule is c1ccc(-c2cccc3c2oc2ccc(-c4ccc(N(c5ccc6c(c5)sc5c(-c7ccccc7)cccc56)c5cccc6oc7ccccc7c56)cc4)cc23)cc1. The topological polar surface area (TPSA) is 29.5 Å². The molecule has 0 N–H and O–H groups in total. The van der Waals surface area contributed by atoms with Crippen molar-refractivity contribution in [3.63, 3.8) is 0 Å². The molecule has 0 radical (unpaired) electrons. The van der Waals surface area contributed by atoms with E-state index in [2.05, 4.69) is 187 Å². The molecule has 0 amide bonds. The Kier molecular flexibility index (Phi) is 7.40. The first-order valence-corrected chi connectivity index (χ1v) is 20.4. The number of furan rings is 2. The lowest BCUT2D eigenvalue weighted by molar-refractivity contribution is 0.669. The summed E-state index contributed by atoms with van der Waals surface area (Å²) in [4.78, 5) is 2.38. The number of hydrogen-bond donors (Lipinski definition) is 0. The molecule has 0 fully saturated rings. The van der Waals surface area contributed by atoms with Crippen LogP contribution in [-0.4, -0.2) is 0 Å². The van der Waals surface area contributed by atoms with Gasteiger partial charge in [0, 0.05) is 53.3 Å². The van der Waals surface area contributed by atoms with Gasteiger partial charge in [-0.2, -0.15) is 0 Å². The van der Waals surface area contributed by atoms with Crippen LogP contribution in [0.15, 0.2) is 209 Å². The largest absolute Gasteiger partial charge is 0.456 e. The van der Waals surface area contributed by atoms with Gasteiger partial charge in [0.2, 0.25) is 0 Å². The molecule has 0 spiro atoms.